The average molecular weight is 276 g/mol. The van der Waals surface area contributed by atoms with Gasteiger partial charge in [0.15, 0.2) is 0 Å². The van der Waals surface area contributed by atoms with Gasteiger partial charge in [-0.2, -0.15) is 0 Å². The molecule has 20 heavy (non-hydrogen) atoms. The van der Waals surface area contributed by atoms with Crippen molar-refractivity contribution in [3.8, 4) is 5.75 Å². The van der Waals surface area contributed by atoms with Crippen molar-refractivity contribution in [1.29, 1.82) is 0 Å². The lowest BCUT2D eigenvalue weighted by atomic mass is 10.0. The van der Waals surface area contributed by atoms with Crippen LogP contribution in [-0.4, -0.2) is 25.6 Å². The lowest BCUT2D eigenvalue weighted by molar-refractivity contribution is -0.116. The summed E-state index contributed by atoms with van der Waals surface area (Å²) in [5, 5.41) is 6.42. The Kier molecular flexibility index (Phi) is 5.41. The molecule has 1 aromatic rings. The number of piperidine rings is 1. The standard InChI is InChI=1S/C16H24N2O2/c1-12-11-14(6-8-15(12)20-2)18-16(19)9-7-13-5-3-4-10-17-13/h6,8,11,13,17H,3-5,7,9-10H2,1-2H3,(H,18,19). The molecule has 1 saturated heterocycles. The predicted octanol–water partition coefficient (Wildman–Crippen LogP) is 2.86. The van der Waals surface area contributed by atoms with Crippen molar-refractivity contribution in [2.75, 3.05) is 19.0 Å². The van der Waals surface area contributed by atoms with Crippen LogP contribution in [0.2, 0.25) is 0 Å². The zero-order valence-corrected chi connectivity index (χ0v) is 12.4. The Hall–Kier alpha value is -1.55. The normalized spacial score (nSPS) is 18.6. The van der Waals surface area contributed by atoms with Gasteiger partial charge in [-0.15, -0.1) is 0 Å². The van der Waals surface area contributed by atoms with Gasteiger partial charge in [-0.1, -0.05) is 6.42 Å². The van der Waals surface area contributed by atoms with Gasteiger partial charge in [0.1, 0.15) is 5.75 Å². The van der Waals surface area contributed by atoms with Crippen LogP contribution < -0.4 is 15.4 Å². The molecule has 0 radical (unpaired) electrons. The summed E-state index contributed by atoms with van der Waals surface area (Å²) in [6.07, 6.45) is 5.21. The molecule has 4 heteroatoms. The first kappa shape index (κ1) is 14.9. The van der Waals surface area contributed by atoms with Crippen LogP contribution in [0, 0.1) is 6.92 Å². The topological polar surface area (TPSA) is 50.4 Å². The van der Waals surface area contributed by atoms with E-state index in [9.17, 15) is 4.79 Å². The summed E-state index contributed by atoms with van der Waals surface area (Å²) in [6.45, 7) is 3.06. The van der Waals surface area contributed by atoms with E-state index in [0.717, 1.165) is 30.0 Å². The second kappa shape index (κ2) is 7.29. The zero-order chi connectivity index (χ0) is 14.4. The predicted molar refractivity (Wildman–Crippen MR) is 81.2 cm³/mol. The largest absolute Gasteiger partial charge is 0.496 e. The summed E-state index contributed by atoms with van der Waals surface area (Å²) in [5.41, 5.74) is 1.86. The maximum Gasteiger partial charge on any atom is 0.224 e. The molecule has 4 nitrogen and oxygen atoms in total. The Morgan fingerprint density at radius 3 is 2.95 bits per heavy atom. The molecule has 1 atom stereocenters. The third kappa shape index (κ3) is 4.23. The van der Waals surface area contributed by atoms with E-state index in [4.69, 9.17) is 4.74 Å². The number of methoxy groups -OCH3 is 1. The van der Waals surface area contributed by atoms with Crippen molar-refractivity contribution in [2.24, 2.45) is 0 Å². The molecule has 0 saturated carbocycles. The molecule has 0 spiro atoms. The first-order valence-corrected chi connectivity index (χ1v) is 7.37. The SMILES string of the molecule is COc1ccc(NC(=O)CCC2CCCCN2)cc1C. The molecule has 1 amide bonds. The van der Waals surface area contributed by atoms with Crippen LogP contribution >= 0.6 is 0 Å². The molecule has 1 heterocycles. The number of ether oxygens (including phenoxy) is 1. The molecule has 2 N–H and O–H groups in total. The lowest BCUT2D eigenvalue weighted by Crippen LogP contribution is -2.34. The minimum absolute atomic E-state index is 0.0851. The third-order valence-corrected chi connectivity index (χ3v) is 3.81. The quantitative estimate of drug-likeness (QED) is 0.869. The second-order valence-corrected chi connectivity index (χ2v) is 5.42. The molecule has 1 fully saturated rings. The van der Waals surface area contributed by atoms with Crippen molar-refractivity contribution >= 4 is 11.6 Å². The van der Waals surface area contributed by atoms with E-state index in [-0.39, 0.29) is 5.91 Å². The Bertz CT molecular complexity index is 454. The van der Waals surface area contributed by atoms with Crippen LogP contribution in [0.5, 0.6) is 5.75 Å². The van der Waals surface area contributed by atoms with E-state index in [2.05, 4.69) is 10.6 Å². The van der Waals surface area contributed by atoms with Gasteiger partial charge < -0.3 is 15.4 Å². The molecule has 1 unspecified atom stereocenters. The number of carbonyl (C=O) groups excluding carboxylic acids is 1. The molecule has 0 aliphatic carbocycles. The summed E-state index contributed by atoms with van der Waals surface area (Å²) < 4.78 is 5.21. The van der Waals surface area contributed by atoms with Crippen LogP contribution in [-0.2, 0) is 4.79 Å². The van der Waals surface area contributed by atoms with Crippen LogP contribution in [0.3, 0.4) is 0 Å². The van der Waals surface area contributed by atoms with E-state index < -0.39 is 0 Å². The Labute approximate surface area is 120 Å². The summed E-state index contributed by atoms with van der Waals surface area (Å²) in [7, 11) is 1.65. The van der Waals surface area contributed by atoms with E-state index in [1.165, 1.54) is 19.3 Å². The fourth-order valence-corrected chi connectivity index (χ4v) is 2.66. The number of rotatable bonds is 5. The molecular formula is C16H24N2O2. The number of amides is 1. The highest BCUT2D eigenvalue weighted by atomic mass is 16.5. The molecule has 1 aliphatic rings. The average Bonchev–Trinajstić information content (AvgIpc) is 2.46. The number of aryl methyl sites for hydroxylation is 1. The van der Waals surface area contributed by atoms with Crippen molar-refractivity contribution in [3.63, 3.8) is 0 Å². The van der Waals surface area contributed by atoms with Crippen molar-refractivity contribution < 1.29 is 9.53 Å². The fraction of sp³-hybridized carbons (Fsp3) is 0.562. The fourth-order valence-electron chi connectivity index (χ4n) is 2.66. The first-order chi connectivity index (χ1) is 9.69. The van der Waals surface area contributed by atoms with Crippen molar-refractivity contribution in [3.05, 3.63) is 23.8 Å². The van der Waals surface area contributed by atoms with Gasteiger partial charge in [-0.05, 0) is 56.5 Å². The summed E-state index contributed by atoms with van der Waals surface area (Å²) >= 11 is 0. The van der Waals surface area contributed by atoms with Crippen LogP contribution in [0.15, 0.2) is 18.2 Å². The molecular weight excluding hydrogens is 252 g/mol. The number of hydrogen-bond donors (Lipinski definition) is 2. The summed E-state index contributed by atoms with van der Waals surface area (Å²) in [6, 6.07) is 6.21. The van der Waals surface area contributed by atoms with Gasteiger partial charge in [0.25, 0.3) is 0 Å². The summed E-state index contributed by atoms with van der Waals surface area (Å²) in [5.74, 6) is 0.927. The van der Waals surface area contributed by atoms with Gasteiger partial charge in [0.2, 0.25) is 5.91 Å². The molecule has 1 aromatic carbocycles. The van der Waals surface area contributed by atoms with Crippen LogP contribution in [0.25, 0.3) is 0 Å². The van der Waals surface area contributed by atoms with E-state index >= 15 is 0 Å². The molecule has 110 valence electrons. The first-order valence-electron chi connectivity index (χ1n) is 7.37. The van der Waals surface area contributed by atoms with Crippen molar-refractivity contribution in [2.45, 2.75) is 45.1 Å². The highest BCUT2D eigenvalue weighted by Gasteiger charge is 2.14. The summed E-state index contributed by atoms with van der Waals surface area (Å²) in [4.78, 5) is 12.0. The number of carbonyl (C=O) groups is 1. The Morgan fingerprint density at radius 2 is 2.30 bits per heavy atom. The van der Waals surface area contributed by atoms with Gasteiger partial charge in [-0.25, -0.2) is 0 Å². The monoisotopic (exact) mass is 276 g/mol. The lowest BCUT2D eigenvalue weighted by Gasteiger charge is -2.23. The zero-order valence-electron chi connectivity index (χ0n) is 12.4. The number of benzene rings is 1. The number of hydrogen-bond acceptors (Lipinski definition) is 3. The Morgan fingerprint density at radius 1 is 1.45 bits per heavy atom. The number of nitrogens with one attached hydrogen (secondary N) is 2. The minimum Gasteiger partial charge on any atom is -0.496 e. The highest BCUT2D eigenvalue weighted by molar-refractivity contribution is 5.90. The molecule has 2 rings (SSSR count). The van der Waals surface area contributed by atoms with E-state index in [1.807, 2.05) is 25.1 Å². The van der Waals surface area contributed by atoms with Gasteiger partial charge >= 0.3 is 0 Å². The van der Waals surface area contributed by atoms with Crippen molar-refractivity contribution in [1.82, 2.24) is 5.32 Å². The maximum atomic E-state index is 12.0. The van der Waals surface area contributed by atoms with E-state index in [0.29, 0.717) is 12.5 Å². The smallest absolute Gasteiger partial charge is 0.224 e. The van der Waals surface area contributed by atoms with Gasteiger partial charge in [0, 0.05) is 18.2 Å². The minimum atomic E-state index is 0.0851. The van der Waals surface area contributed by atoms with E-state index in [1.54, 1.807) is 7.11 Å². The van der Waals surface area contributed by atoms with Crippen LogP contribution in [0.4, 0.5) is 5.69 Å². The number of anilines is 1. The third-order valence-electron chi connectivity index (χ3n) is 3.81. The molecule has 0 bridgehead atoms. The molecule has 0 aromatic heterocycles. The highest BCUT2D eigenvalue weighted by Crippen LogP contribution is 2.21. The van der Waals surface area contributed by atoms with Gasteiger partial charge in [0.05, 0.1) is 7.11 Å². The van der Waals surface area contributed by atoms with Crippen LogP contribution in [0.1, 0.15) is 37.7 Å². The van der Waals surface area contributed by atoms with Gasteiger partial charge in [-0.3, -0.25) is 4.79 Å². The molecule has 1 aliphatic heterocycles. The second-order valence-electron chi connectivity index (χ2n) is 5.42. The Balaban J connectivity index is 1.80. The maximum absolute atomic E-state index is 12.0.